The second kappa shape index (κ2) is 6.37. The van der Waals surface area contributed by atoms with Crippen molar-refractivity contribution < 1.29 is 9.90 Å². The molecule has 2 aromatic heterocycles. The van der Waals surface area contributed by atoms with E-state index in [0.717, 1.165) is 22.5 Å². The molecule has 0 saturated carbocycles. The molecule has 1 N–H and O–H groups in total. The second-order valence-corrected chi connectivity index (χ2v) is 7.48. The predicted molar refractivity (Wildman–Crippen MR) is 101 cm³/mol. The Balaban J connectivity index is 2.16. The van der Waals surface area contributed by atoms with Crippen LogP contribution in [0.4, 0.5) is 11.5 Å². The van der Waals surface area contributed by atoms with Crippen molar-refractivity contribution in [1.29, 1.82) is 0 Å². The van der Waals surface area contributed by atoms with E-state index in [-0.39, 0.29) is 11.0 Å². The summed E-state index contributed by atoms with van der Waals surface area (Å²) in [6, 6.07) is 8.80. The van der Waals surface area contributed by atoms with Crippen molar-refractivity contribution in [1.82, 2.24) is 9.38 Å². The Labute approximate surface area is 152 Å². The molecular formula is C20H22N4O2. The Morgan fingerprint density at radius 2 is 1.85 bits per heavy atom. The first-order chi connectivity index (χ1) is 12.2. The van der Waals surface area contributed by atoms with Crippen LogP contribution < -0.4 is 0 Å². The van der Waals surface area contributed by atoms with Crippen molar-refractivity contribution in [3.05, 3.63) is 58.9 Å². The number of azo groups is 1. The van der Waals surface area contributed by atoms with Gasteiger partial charge in [0.25, 0.3) is 0 Å². The third-order valence-corrected chi connectivity index (χ3v) is 4.16. The fraction of sp³-hybridized carbons (Fsp3) is 0.300. The number of carboxylic acids is 1. The summed E-state index contributed by atoms with van der Waals surface area (Å²) in [6.07, 6.45) is 1.98. The lowest BCUT2D eigenvalue weighted by atomic mass is 9.92. The quantitative estimate of drug-likeness (QED) is 0.646. The van der Waals surface area contributed by atoms with Gasteiger partial charge in [-0.15, -0.1) is 10.2 Å². The SMILES string of the molecule is Cc1ccc2nc(C(C)(C)C)c(N=Nc3cc(C(=O)O)ccc3C)n2c1. The predicted octanol–water partition coefficient (Wildman–Crippen LogP) is 5.36. The molecule has 0 amide bonds. The molecule has 26 heavy (non-hydrogen) atoms. The summed E-state index contributed by atoms with van der Waals surface area (Å²) >= 11 is 0. The normalized spacial score (nSPS) is 12.2. The number of aromatic nitrogens is 2. The Bertz CT molecular complexity index is 1030. The molecule has 0 radical (unpaired) electrons. The summed E-state index contributed by atoms with van der Waals surface area (Å²) in [6.45, 7) is 10.1. The zero-order valence-corrected chi connectivity index (χ0v) is 15.6. The lowest BCUT2D eigenvalue weighted by Gasteiger charge is -2.15. The monoisotopic (exact) mass is 350 g/mol. The average molecular weight is 350 g/mol. The molecule has 0 saturated heterocycles. The Morgan fingerprint density at radius 1 is 1.12 bits per heavy atom. The van der Waals surface area contributed by atoms with E-state index in [1.54, 1.807) is 12.1 Å². The van der Waals surface area contributed by atoms with E-state index in [0.29, 0.717) is 11.5 Å². The summed E-state index contributed by atoms with van der Waals surface area (Å²) in [4.78, 5) is 15.9. The van der Waals surface area contributed by atoms with Crippen LogP contribution in [0.15, 0.2) is 46.8 Å². The van der Waals surface area contributed by atoms with Crippen molar-refractivity contribution >= 4 is 23.1 Å². The number of carbonyl (C=O) groups is 1. The van der Waals surface area contributed by atoms with Gasteiger partial charge in [-0.05, 0) is 43.2 Å². The van der Waals surface area contributed by atoms with Gasteiger partial charge < -0.3 is 5.11 Å². The van der Waals surface area contributed by atoms with Crippen LogP contribution in [0.3, 0.4) is 0 Å². The van der Waals surface area contributed by atoms with Crippen LogP contribution in [0.25, 0.3) is 5.65 Å². The average Bonchev–Trinajstić information content (AvgIpc) is 2.92. The summed E-state index contributed by atoms with van der Waals surface area (Å²) < 4.78 is 1.93. The maximum absolute atomic E-state index is 11.2. The number of imidazole rings is 1. The zero-order valence-electron chi connectivity index (χ0n) is 15.6. The number of aryl methyl sites for hydroxylation is 2. The van der Waals surface area contributed by atoms with E-state index in [4.69, 9.17) is 4.98 Å². The van der Waals surface area contributed by atoms with E-state index < -0.39 is 5.97 Å². The minimum Gasteiger partial charge on any atom is -0.478 e. The Hall–Kier alpha value is -3.02. The van der Waals surface area contributed by atoms with E-state index in [2.05, 4.69) is 31.0 Å². The fourth-order valence-electron chi connectivity index (χ4n) is 2.69. The Morgan fingerprint density at radius 3 is 2.50 bits per heavy atom. The summed E-state index contributed by atoms with van der Waals surface area (Å²) in [5.74, 6) is -0.321. The number of carboxylic acid groups (broad SMARTS) is 1. The first kappa shape index (κ1) is 17.8. The fourth-order valence-corrected chi connectivity index (χ4v) is 2.69. The van der Waals surface area contributed by atoms with Crippen molar-refractivity contribution in [2.75, 3.05) is 0 Å². The summed E-state index contributed by atoms with van der Waals surface area (Å²) in [7, 11) is 0. The lowest BCUT2D eigenvalue weighted by molar-refractivity contribution is 0.0697. The number of aromatic carboxylic acids is 1. The molecule has 0 aliphatic rings. The molecular weight excluding hydrogens is 328 g/mol. The number of pyridine rings is 1. The largest absolute Gasteiger partial charge is 0.478 e. The standard InChI is InChI=1S/C20H22N4O2/c1-12-6-9-16-21-17(20(3,4)5)18(24(16)11-12)23-22-15-10-14(19(25)26)8-7-13(15)2/h6-11H,1-5H3,(H,25,26). The van der Waals surface area contributed by atoms with Gasteiger partial charge in [-0.3, -0.25) is 4.40 Å². The summed E-state index contributed by atoms with van der Waals surface area (Å²) in [5.41, 5.74) is 4.13. The molecule has 0 fully saturated rings. The molecule has 0 atom stereocenters. The number of benzene rings is 1. The molecule has 3 aromatic rings. The van der Waals surface area contributed by atoms with Gasteiger partial charge in [-0.25, -0.2) is 9.78 Å². The topological polar surface area (TPSA) is 79.3 Å². The first-order valence-electron chi connectivity index (χ1n) is 8.41. The summed E-state index contributed by atoms with van der Waals surface area (Å²) in [5, 5.41) is 18.0. The van der Waals surface area contributed by atoms with Crippen LogP contribution in [-0.4, -0.2) is 20.5 Å². The maximum atomic E-state index is 11.2. The second-order valence-electron chi connectivity index (χ2n) is 7.48. The molecule has 134 valence electrons. The van der Waals surface area contributed by atoms with Crippen LogP contribution in [0.5, 0.6) is 0 Å². The molecule has 0 aliphatic heterocycles. The van der Waals surface area contributed by atoms with Gasteiger partial charge in [0.2, 0.25) is 0 Å². The Kier molecular flexibility index (Phi) is 4.36. The van der Waals surface area contributed by atoms with Crippen molar-refractivity contribution in [2.24, 2.45) is 10.2 Å². The molecule has 0 spiro atoms. The highest BCUT2D eigenvalue weighted by atomic mass is 16.4. The van der Waals surface area contributed by atoms with Gasteiger partial charge in [-0.2, -0.15) is 0 Å². The van der Waals surface area contributed by atoms with Gasteiger partial charge in [0, 0.05) is 11.6 Å². The van der Waals surface area contributed by atoms with Gasteiger partial charge in [0.05, 0.1) is 16.9 Å². The van der Waals surface area contributed by atoms with Gasteiger partial charge in [-0.1, -0.05) is 32.9 Å². The van der Waals surface area contributed by atoms with Crippen molar-refractivity contribution in [2.45, 2.75) is 40.0 Å². The third kappa shape index (κ3) is 3.35. The van der Waals surface area contributed by atoms with Crippen LogP contribution in [0.2, 0.25) is 0 Å². The molecule has 1 aromatic carbocycles. The lowest BCUT2D eigenvalue weighted by Crippen LogP contribution is -2.11. The number of hydrogen-bond acceptors (Lipinski definition) is 4. The first-order valence-corrected chi connectivity index (χ1v) is 8.41. The van der Waals surface area contributed by atoms with Gasteiger partial charge >= 0.3 is 5.97 Å². The van der Waals surface area contributed by atoms with E-state index in [9.17, 15) is 9.90 Å². The number of fused-ring (bicyclic) bond motifs is 1. The smallest absolute Gasteiger partial charge is 0.335 e. The minimum atomic E-state index is -0.984. The number of nitrogens with zero attached hydrogens (tertiary/aromatic N) is 4. The van der Waals surface area contributed by atoms with E-state index in [1.165, 1.54) is 6.07 Å². The molecule has 6 nitrogen and oxygen atoms in total. The van der Waals surface area contributed by atoms with Gasteiger partial charge in [0.1, 0.15) is 5.65 Å². The van der Waals surface area contributed by atoms with Crippen molar-refractivity contribution in [3.8, 4) is 0 Å². The highest BCUT2D eigenvalue weighted by molar-refractivity contribution is 5.88. The molecule has 6 heteroatoms. The zero-order chi connectivity index (χ0) is 19.1. The highest BCUT2D eigenvalue weighted by Crippen LogP contribution is 2.33. The van der Waals surface area contributed by atoms with Crippen molar-refractivity contribution in [3.63, 3.8) is 0 Å². The minimum absolute atomic E-state index is 0.189. The van der Waals surface area contributed by atoms with Crippen LogP contribution in [0.1, 0.15) is 48.0 Å². The molecule has 2 heterocycles. The van der Waals surface area contributed by atoms with Gasteiger partial charge in [0.15, 0.2) is 5.82 Å². The maximum Gasteiger partial charge on any atom is 0.335 e. The number of hydrogen-bond donors (Lipinski definition) is 1. The van der Waals surface area contributed by atoms with E-state index in [1.807, 2.05) is 36.6 Å². The molecule has 0 unspecified atom stereocenters. The van der Waals surface area contributed by atoms with Crippen LogP contribution in [-0.2, 0) is 5.41 Å². The highest BCUT2D eigenvalue weighted by Gasteiger charge is 2.24. The van der Waals surface area contributed by atoms with Crippen LogP contribution >= 0.6 is 0 Å². The molecule has 0 bridgehead atoms. The molecule has 3 rings (SSSR count). The van der Waals surface area contributed by atoms with E-state index >= 15 is 0 Å². The molecule has 0 aliphatic carbocycles. The number of rotatable bonds is 3. The third-order valence-electron chi connectivity index (χ3n) is 4.16. The van der Waals surface area contributed by atoms with Crippen LogP contribution in [0, 0.1) is 13.8 Å².